The molecule has 0 aliphatic rings. The largest absolute Gasteiger partial charge is 0.478 e. The average Bonchev–Trinajstić information content (AvgIpc) is 3.23. The first-order valence-electron chi connectivity index (χ1n) is 7.29. The van der Waals surface area contributed by atoms with Crippen LogP contribution in [0.15, 0.2) is 55.4 Å². The Hall–Kier alpha value is -3.33. The van der Waals surface area contributed by atoms with E-state index in [-0.39, 0.29) is 15.7 Å². The molecular weight excluding hydrogens is 360 g/mol. The SMILES string of the molecule is Cc1nnc(S/C(=C/c2ccc(-c3cccc(C(=O)O)c3)o2)C(=O)O)o1. The number of carboxylic acids is 2. The van der Waals surface area contributed by atoms with Crippen LogP contribution in [0.4, 0.5) is 0 Å². The highest BCUT2D eigenvalue weighted by molar-refractivity contribution is 8.03. The minimum Gasteiger partial charge on any atom is -0.478 e. The second-order valence-corrected chi connectivity index (χ2v) is 6.08. The molecule has 2 N–H and O–H groups in total. The van der Waals surface area contributed by atoms with Crippen LogP contribution in [0.25, 0.3) is 17.4 Å². The lowest BCUT2D eigenvalue weighted by atomic mass is 10.1. The van der Waals surface area contributed by atoms with Crippen molar-refractivity contribution >= 4 is 29.8 Å². The van der Waals surface area contributed by atoms with Gasteiger partial charge in [-0.15, -0.1) is 10.2 Å². The smallest absolute Gasteiger partial charge is 0.342 e. The fourth-order valence-corrected chi connectivity index (χ4v) is 2.76. The number of hydrogen-bond acceptors (Lipinski definition) is 7. The van der Waals surface area contributed by atoms with Gasteiger partial charge in [0, 0.05) is 18.6 Å². The molecule has 0 aliphatic carbocycles. The Morgan fingerprint density at radius 3 is 2.58 bits per heavy atom. The van der Waals surface area contributed by atoms with Crippen LogP contribution in [-0.4, -0.2) is 32.3 Å². The number of benzene rings is 1. The fourth-order valence-electron chi connectivity index (χ4n) is 2.07. The molecule has 132 valence electrons. The molecule has 3 rings (SSSR count). The molecule has 0 fully saturated rings. The molecule has 2 aromatic heterocycles. The lowest BCUT2D eigenvalue weighted by molar-refractivity contribution is -0.131. The van der Waals surface area contributed by atoms with Gasteiger partial charge >= 0.3 is 11.9 Å². The molecule has 0 atom stereocenters. The summed E-state index contributed by atoms with van der Waals surface area (Å²) in [4.78, 5) is 22.4. The Morgan fingerprint density at radius 2 is 1.92 bits per heavy atom. The van der Waals surface area contributed by atoms with Crippen molar-refractivity contribution in [1.29, 1.82) is 0 Å². The third kappa shape index (κ3) is 4.01. The standard InChI is InChI=1S/C17H12N2O6S/c1-9-18-19-17(24-9)26-14(16(22)23)8-12-5-6-13(25-12)10-3-2-4-11(7-10)15(20)21/h2-8H,1H3,(H,20,21)(H,22,23)/b14-8+. The van der Waals surface area contributed by atoms with E-state index in [2.05, 4.69) is 10.2 Å². The Bertz CT molecular complexity index is 1000. The van der Waals surface area contributed by atoms with Crippen LogP contribution in [0.3, 0.4) is 0 Å². The van der Waals surface area contributed by atoms with Gasteiger partial charge in [0.1, 0.15) is 16.4 Å². The molecule has 3 aromatic rings. The number of aryl methyl sites for hydroxylation is 1. The Morgan fingerprint density at radius 1 is 1.12 bits per heavy atom. The summed E-state index contributed by atoms with van der Waals surface area (Å²) in [7, 11) is 0. The van der Waals surface area contributed by atoms with Crippen molar-refractivity contribution in [3.05, 3.63) is 58.5 Å². The Kier molecular flexibility index (Phi) is 4.90. The highest BCUT2D eigenvalue weighted by Crippen LogP contribution is 2.29. The van der Waals surface area contributed by atoms with Gasteiger partial charge in [0.15, 0.2) is 0 Å². The van der Waals surface area contributed by atoms with Crippen LogP contribution in [0.2, 0.25) is 0 Å². The van der Waals surface area contributed by atoms with E-state index in [1.54, 1.807) is 31.2 Å². The topological polar surface area (TPSA) is 127 Å². The molecule has 0 saturated heterocycles. The molecule has 0 unspecified atom stereocenters. The maximum atomic E-state index is 11.4. The van der Waals surface area contributed by atoms with E-state index in [0.717, 1.165) is 11.8 Å². The molecule has 2 heterocycles. The van der Waals surface area contributed by atoms with Crippen LogP contribution in [-0.2, 0) is 4.79 Å². The summed E-state index contributed by atoms with van der Waals surface area (Å²) in [5, 5.41) is 25.9. The molecule has 0 spiro atoms. The summed E-state index contributed by atoms with van der Waals surface area (Å²) in [6.45, 7) is 1.60. The van der Waals surface area contributed by atoms with E-state index < -0.39 is 11.9 Å². The van der Waals surface area contributed by atoms with Gasteiger partial charge in [0.25, 0.3) is 5.22 Å². The molecule has 0 saturated carbocycles. The predicted octanol–water partition coefficient (Wildman–Crippen LogP) is 3.55. The number of carboxylic acid groups (broad SMARTS) is 2. The van der Waals surface area contributed by atoms with Gasteiger partial charge in [-0.2, -0.15) is 0 Å². The average molecular weight is 372 g/mol. The third-order valence-corrected chi connectivity index (χ3v) is 4.06. The lowest BCUT2D eigenvalue weighted by Gasteiger charge is -1.99. The van der Waals surface area contributed by atoms with Crippen molar-refractivity contribution in [2.45, 2.75) is 12.1 Å². The summed E-state index contributed by atoms with van der Waals surface area (Å²) in [6, 6.07) is 9.48. The minimum atomic E-state index is -1.17. The van der Waals surface area contributed by atoms with Gasteiger partial charge < -0.3 is 19.0 Å². The predicted molar refractivity (Wildman–Crippen MR) is 91.6 cm³/mol. The number of aromatic nitrogens is 2. The monoisotopic (exact) mass is 372 g/mol. The van der Waals surface area contributed by atoms with E-state index in [0.29, 0.717) is 23.0 Å². The molecule has 0 bridgehead atoms. The van der Waals surface area contributed by atoms with Crippen LogP contribution in [0.5, 0.6) is 0 Å². The zero-order chi connectivity index (χ0) is 18.7. The van der Waals surface area contributed by atoms with Crippen molar-refractivity contribution in [2.75, 3.05) is 0 Å². The number of nitrogens with zero attached hydrogens (tertiary/aromatic N) is 2. The van der Waals surface area contributed by atoms with Gasteiger partial charge in [0.2, 0.25) is 5.89 Å². The van der Waals surface area contributed by atoms with Gasteiger partial charge in [-0.3, -0.25) is 0 Å². The van der Waals surface area contributed by atoms with Crippen LogP contribution in [0, 0.1) is 6.92 Å². The van der Waals surface area contributed by atoms with Crippen LogP contribution >= 0.6 is 11.8 Å². The number of furan rings is 1. The van der Waals surface area contributed by atoms with Crippen molar-refractivity contribution in [3.63, 3.8) is 0 Å². The number of aliphatic carboxylic acids is 1. The summed E-state index contributed by atoms with van der Waals surface area (Å²) in [5.41, 5.74) is 0.700. The summed E-state index contributed by atoms with van der Waals surface area (Å²) in [6.07, 6.45) is 1.33. The van der Waals surface area contributed by atoms with Gasteiger partial charge in [-0.1, -0.05) is 12.1 Å². The molecule has 1 aromatic carbocycles. The third-order valence-electron chi connectivity index (χ3n) is 3.21. The number of thioether (sulfide) groups is 1. The summed E-state index contributed by atoms with van der Waals surface area (Å²) in [5.74, 6) is -1.17. The number of aromatic carboxylic acids is 1. The number of carbonyl (C=O) groups is 2. The second-order valence-electron chi connectivity index (χ2n) is 5.09. The highest BCUT2D eigenvalue weighted by atomic mass is 32.2. The van der Waals surface area contributed by atoms with E-state index in [9.17, 15) is 14.7 Å². The maximum absolute atomic E-state index is 11.4. The molecular formula is C17H12N2O6S. The number of rotatable bonds is 6. The first kappa shape index (κ1) is 17.5. The normalized spacial score (nSPS) is 11.5. The summed E-state index contributed by atoms with van der Waals surface area (Å²) >= 11 is 0.807. The molecule has 8 nitrogen and oxygen atoms in total. The van der Waals surface area contributed by atoms with E-state index >= 15 is 0 Å². The molecule has 9 heteroatoms. The van der Waals surface area contributed by atoms with E-state index in [1.807, 2.05) is 0 Å². The highest BCUT2D eigenvalue weighted by Gasteiger charge is 2.16. The Labute approximate surface area is 151 Å². The minimum absolute atomic E-state index is 0.0613. The van der Waals surface area contributed by atoms with Crippen molar-refractivity contribution < 1.29 is 28.6 Å². The quantitative estimate of drug-likeness (QED) is 0.493. The van der Waals surface area contributed by atoms with Crippen molar-refractivity contribution in [2.24, 2.45) is 0 Å². The van der Waals surface area contributed by atoms with Gasteiger partial charge in [-0.25, -0.2) is 9.59 Å². The van der Waals surface area contributed by atoms with Crippen LogP contribution in [0.1, 0.15) is 22.0 Å². The van der Waals surface area contributed by atoms with E-state index in [1.165, 1.54) is 18.2 Å². The second kappa shape index (κ2) is 7.28. The summed E-state index contributed by atoms with van der Waals surface area (Å²) < 4.78 is 10.8. The zero-order valence-corrected chi connectivity index (χ0v) is 14.2. The van der Waals surface area contributed by atoms with Crippen molar-refractivity contribution in [1.82, 2.24) is 10.2 Å². The van der Waals surface area contributed by atoms with Gasteiger partial charge in [-0.05, 0) is 36.0 Å². The Balaban J connectivity index is 1.87. The zero-order valence-electron chi connectivity index (χ0n) is 13.4. The van der Waals surface area contributed by atoms with E-state index in [4.69, 9.17) is 13.9 Å². The number of hydrogen-bond donors (Lipinski definition) is 2. The van der Waals surface area contributed by atoms with Gasteiger partial charge in [0.05, 0.1) is 5.56 Å². The first-order chi connectivity index (χ1) is 12.4. The fraction of sp³-hybridized carbons (Fsp3) is 0.0588. The lowest BCUT2D eigenvalue weighted by Crippen LogP contribution is -1.96. The first-order valence-corrected chi connectivity index (χ1v) is 8.10. The maximum Gasteiger partial charge on any atom is 0.342 e. The molecule has 0 aliphatic heterocycles. The molecule has 0 amide bonds. The molecule has 26 heavy (non-hydrogen) atoms. The van der Waals surface area contributed by atoms with Crippen LogP contribution < -0.4 is 0 Å². The molecule has 0 radical (unpaired) electrons. The van der Waals surface area contributed by atoms with Crippen molar-refractivity contribution in [3.8, 4) is 11.3 Å².